The number of nitrogens with zero attached hydrogens (tertiary/aromatic N) is 2. The van der Waals surface area contributed by atoms with Gasteiger partial charge < -0.3 is 0 Å². The van der Waals surface area contributed by atoms with E-state index in [1.807, 2.05) is 35.7 Å². The number of fused-ring (bicyclic) bond motifs is 1. The van der Waals surface area contributed by atoms with Gasteiger partial charge in [0.25, 0.3) is 0 Å². The number of aromatic nitrogens is 1. The summed E-state index contributed by atoms with van der Waals surface area (Å²) in [5.74, 6) is -0.161. The van der Waals surface area contributed by atoms with Gasteiger partial charge in [0.05, 0.1) is 5.69 Å². The van der Waals surface area contributed by atoms with E-state index in [9.17, 15) is 4.79 Å². The summed E-state index contributed by atoms with van der Waals surface area (Å²) in [7, 11) is 0. The first-order valence-electron chi connectivity index (χ1n) is 9.04. The fraction of sp³-hybridized carbons (Fsp3) is 0.182. The average Bonchev–Trinajstić information content (AvgIpc) is 3.14. The van der Waals surface area contributed by atoms with E-state index in [0.717, 1.165) is 37.3 Å². The van der Waals surface area contributed by atoms with Crippen LogP contribution >= 0.6 is 11.3 Å². The molecule has 4 nitrogen and oxygen atoms in total. The lowest BCUT2D eigenvalue weighted by molar-refractivity contribution is -0.111. The Bertz CT molecular complexity index is 949. The lowest BCUT2D eigenvalue weighted by atomic mass is 10.00. The van der Waals surface area contributed by atoms with Crippen LogP contribution in [0.5, 0.6) is 0 Å². The van der Waals surface area contributed by atoms with Gasteiger partial charge in [-0.25, -0.2) is 4.98 Å². The minimum Gasteiger partial charge on any atom is -0.298 e. The summed E-state index contributed by atoms with van der Waals surface area (Å²) in [6.45, 7) is 2.80. The lowest BCUT2D eigenvalue weighted by Crippen LogP contribution is -2.30. The van der Waals surface area contributed by atoms with Crippen LogP contribution in [0.2, 0.25) is 0 Å². The Kier molecular flexibility index (Phi) is 5.42. The highest BCUT2D eigenvalue weighted by molar-refractivity contribution is 7.13. The third-order valence-electron chi connectivity index (χ3n) is 4.60. The molecular weight excluding hydrogens is 354 g/mol. The predicted molar refractivity (Wildman–Crippen MR) is 110 cm³/mol. The monoisotopic (exact) mass is 375 g/mol. The second-order valence-electron chi connectivity index (χ2n) is 6.61. The molecule has 27 heavy (non-hydrogen) atoms. The van der Waals surface area contributed by atoms with Crippen molar-refractivity contribution >= 4 is 28.5 Å². The van der Waals surface area contributed by atoms with Crippen LogP contribution in [-0.4, -0.2) is 22.3 Å². The van der Waals surface area contributed by atoms with E-state index in [0.29, 0.717) is 5.13 Å². The number of nitrogens with one attached hydrogen (secondary N) is 1. The molecule has 2 heterocycles. The Morgan fingerprint density at radius 3 is 2.74 bits per heavy atom. The van der Waals surface area contributed by atoms with Crippen molar-refractivity contribution in [3.8, 4) is 0 Å². The molecule has 1 aliphatic heterocycles. The largest absolute Gasteiger partial charge is 0.298 e. The zero-order chi connectivity index (χ0) is 18.5. The molecule has 0 spiro atoms. The summed E-state index contributed by atoms with van der Waals surface area (Å²) in [5, 5.41) is 5.52. The van der Waals surface area contributed by atoms with E-state index in [-0.39, 0.29) is 5.91 Å². The number of hydrogen-bond acceptors (Lipinski definition) is 4. The van der Waals surface area contributed by atoms with Crippen molar-refractivity contribution in [2.75, 3.05) is 11.9 Å². The van der Waals surface area contributed by atoms with Crippen molar-refractivity contribution < 1.29 is 4.79 Å². The normalized spacial score (nSPS) is 14.2. The summed E-state index contributed by atoms with van der Waals surface area (Å²) in [5.41, 5.74) is 4.85. The predicted octanol–water partition coefficient (Wildman–Crippen LogP) is 4.35. The van der Waals surface area contributed by atoms with E-state index in [2.05, 4.69) is 39.5 Å². The van der Waals surface area contributed by atoms with Crippen LogP contribution in [-0.2, 0) is 24.3 Å². The van der Waals surface area contributed by atoms with Crippen molar-refractivity contribution in [2.45, 2.75) is 19.5 Å². The molecule has 0 fully saturated rings. The van der Waals surface area contributed by atoms with E-state index in [1.54, 1.807) is 6.08 Å². The summed E-state index contributed by atoms with van der Waals surface area (Å²) >= 11 is 1.47. The molecule has 5 heteroatoms. The van der Waals surface area contributed by atoms with Gasteiger partial charge in [0.1, 0.15) is 0 Å². The van der Waals surface area contributed by atoms with Gasteiger partial charge in [-0.05, 0) is 29.2 Å². The van der Waals surface area contributed by atoms with E-state index >= 15 is 0 Å². The Morgan fingerprint density at radius 1 is 1.11 bits per heavy atom. The molecule has 0 atom stereocenters. The van der Waals surface area contributed by atoms with Crippen molar-refractivity contribution in [3.05, 3.63) is 88.4 Å². The maximum atomic E-state index is 12.1. The van der Waals surface area contributed by atoms with Crippen LogP contribution in [0.4, 0.5) is 5.13 Å². The van der Waals surface area contributed by atoms with Crippen molar-refractivity contribution in [1.82, 2.24) is 9.88 Å². The molecule has 1 aromatic heterocycles. The topological polar surface area (TPSA) is 45.2 Å². The number of carbonyl (C=O) groups excluding carboxylic acids is 1. The van der Waals surface area contributed by atoms with Crippen LogP contribution in [0.25, 0.3) is 6.08 Å². The fourth-order valence-corrected chi connectivity index (χ4v) is 3.94. The first-order chi connectivity index (χ1) is 13.3. The summed E-state index contributed by atoms with van der Waals surface area (Å²) in [4.78, 5) is 19.0. The second kappa shape index (κ2) is 8.29. The standard InChI is InChI=1S/C22H21N3OS/c26-21(11-10-17-6-2-1-3-7-17)24-22-23-20(16-27-22)15-25-13-12-18-8-4-5-9-19(18)14-25/h1-11,16H,12-15H2,(H,23,24,26). The molecule has 0 saturated heterocycles. The van der Waals surface area contributed by atoms with Crippen LogP contribution < -0.4 is 5.32 Å². The highest BCUT2D eigenvalue weighted by Gasteiger charge is 2.17. The maximum Gasteiger partial charge on any atom is 0.250 e. The number of carbonyl (C=O) groups is 1. The van der Waals surface area contributed by atoms with Gasteiger partial charge in [-0.15, -0.1) is 11.3 Å². The maximum absolute atomic E-state index is 12.1. The number of rotatable bonds is 5. The summed E-state index contributed by atoms with van der Waals surface area (Å²) in [6, 6.07) is 18.4. The second-order valence-corrected chi connectivity index (χ2v) is 7.46. The fourth-order valence-electron chi connectivity index (χ4n) is 3.24. The molecule has 0 radical (unpaired) electrons. The summed E-state index contributed by atoms with van der Waals surface area (Å²) < 4.78 is 0. The van der Waals surface area contributed by atoms with E-state index in [4.69, 9.17) is 0 Å². The van der Waals surface area contributed by atoms with Gasteiger partial charge in [-0.1, -0.05) is 54.6 Å². The van der Waals surface area contributed by atoms with Crippen LogP contribution in [0.1, 0.15) is 22.4 Å². The highest BCUT2D eigenvalue weighted by Crippen LogP contribution is 2.22. The molecule has 0 bridgehead atoms. The van der Waals surface area contributed by atoms with E-state index in [1.165, 1.54) is 28.5 Å². The zero-order valence-corrected chi connectivity index (χ0v) is 15.8. The van der Waals surface area contributed by atoms with E-state index < -0.39 is 0 Å². The Hall–Kier alpha value is -2.76. The lowest BCUT2D eigenvalue weighted by Gasteiger charge is -2.27. The van der Waals surface area contributed by atoms with Gasteiger partial charge in [0.2, 0.25) is 5.91 Å². The zero-order valence-electron chi connectivity index (χ0n) is 15.0. The average molecular weight is 375 g/mol. The van der Waals surface area contributed by atoms with Gasteiger partial charge in [0.15, 0.2) is 5.13 Å². The van der Waals surface area contributed by atoms with Gasteiger partial charge >= 0.3 is 0 Å². The first kappa shape index (κ1) is 17.6. The van der Waals surface area contributed by atoms with Crippen LogP contribution in [0.15, 0.2) is 66.1 Å². The number of benzene rings is 2. The molecule has 1 amide bonds. The quantitative estimate of drug-likeness (QED) is 0.674. The Labute approximate surface area is 163 Å². The molecule has 2 aromatic carbocycles. The Morgan fingerprint density at radius 2 is 1.89 bits per heavy atom. The highest BCUT2D eigenvalue weighted by atomic mass is 32.1. The molecule has 4 rings (SSSR count). The van der Waals surface area contributed by atoms with Gasteiger partial charge in [-0.2, -0.15) is 0 Å². The third-order valence-corrected chi connectivity index (χ3v) is 5.41. The number of amides is 1. The SMILES string of the molecule is O=C(C=Cc1ccccc1)Nc1nc(CN2CCc3ccccc3C2)cs1. The van der Waals surface area contributed by atoms with Gasteiger partial charge in [-0.3, -0.25) is 15.0 Å². The third kappa shape index (κ3) is 4.70. The van der Waals surface area contributed by atoms with Gasteiger partial charge in [0, 0.05) is 31.1 Å². The number of anilines is 1. The minimum atomic E-state index is -0.161. The smallest absolute Gasteiger partial charge is 0.250 e. The number of thiazole rings is 1. The first-order valence-corrected chi connectivity index (χ1v) is 9.92. The minimum absolute atomic E-state index is 0.161. The van der Waals surface area contributed by atoms with Crippen LogP contribution in [0.3, 0.4) is 0 Å². The van der Waals surface area contributed by atoms with Crippen molar-refractivity contribution in [3.63, 3.8) is 0 Å². The molecule has 0 aliphatic carbocycles. The number of hydrogen-bond donors (Lipinski definition) is 1. The van der Waals surface area contributed by atoms with Crippen molar-refractivity contribution in [2.24, 2.45) is 0 Å². The molecule has 0 unspecified atom stereocenters. The molecule has 1 aliphatic rings. The Balaban J connectivity index is 1.32. The molecular formula is C22H21N3OS. The molecule has 3 aromatic rings. The summed E-state index contributed by atoms with van der Waals surface area (Å²) in [6.07, 6.45) is 4.42. The molecule has 0 saturated carbocycles. The molecule has 1 N–H and O–H groups in total. The van der Waals surface area contributed by atoms with Crippen LogP contribution in [0, 0.1) is 0 Å². The molecule has 136 valence electrons. The van der Waals surface area contributed by atoms with Crippen molar-refractivity contribution in [1.29, 1.82) is 0 Å².